The van der Waals surface area contributed by atoms with Gasteiger partial charge in [0.15, 0.2) is 5.96 Å². The molecule has 0 unspecified atom stereocenters. The second-order valence-corrected chi connectivity index (χ2v) is 8.67. The van der Waals surface area contributed by atoms with Crippen molar-refractivity contribution in [3.63, 3.8) is 0 Å². The molecule has 2 aromatic rings. The second-order valence-electron chi connectivity index (χ2n) is 6.70. The molecule has 0 spiro atoms. The molecular formula is C19H27N5O3S. The summed E-state index contributed by atoms with van der Waals surface area (Å²) < 4.78 is 31.3. The number of sulfonamides is 1. The molecule has 0 radical (unpaired) electrons. The fourth-order valence-corrected chi connectivity index (χ4v) is 4.66. The zero-order chi connectivity index (χ0) is 19.8. The Hall–Kier alpha value is -2.39. The highest BCUT2D eigenvalue weighted by atomic mass is 32.2. The zero-order valence-corrected chi connectivity index (χ0v) is 16.9. The van der Waals surface area contributed by atoms with Gasteiger partial charge in [-0.2, -0.15) is 4.31 Å². The van der Waals surface area contributed by atoms with Gasteiger partial charge < -0.3 is 14.7 Å². The molecule has 2 heterocycles. The highest BCUT2D eigenvalue weighted by molar-refractivity contribution is 7.88. The summed E-state index contributed by atoms with van der Waals surface area (Å²) in [5.41, 5.74) is 1.75. The Labute approximate surface area is 166 Å². The summed E-state index contributed by atoms with van der Waals surface area (Å²) in [5, 5.41) is 7.08. The maximum absolute atomic E-state index is 12.5. The molecule has 0 aliphatic carbocycles. The van der Waals surface area contributed by atoms with Crippen LogP contribution in [-0.4, -0.2) is 68.5 Å². The smallest absolute Gasteiger partial charge is 0.220 e. The number of nitrogens with zero attached hydrogens (tertiary/aromatic N) is 4. The minimum Gasteiger partial charge on any atom is -0.364 e. The fourth-order valence-electron chi connectivity index (χ4n) is 3.24. The fraction of sp³-hybridized carbons (Fsp3) is 0.474. The van der Waals surface area contributed by atoms with Crippen LogP contribution in [0.15, 0.2) is 52.2 Å². The van der Waals surface area contributed by atoms with E-state index in [0.717, 1.165) is 25.3 Å². The first-order valence-electron chi connectivity index (χ1n) is 9.45. The maximum atomic E-state index is 12.5. The van der Waals surface area contributed by atoms with E-state index < -0.39 is 10.0 Å². The minimum atomic E-state index is -3.39. The molecule has 8 nitrogen and oxygen atoms in total. The van der Waals surface area contributed by atoms with Gasteiger partial charge in [0.05, 0.1) is 5.69 Å². The van der Waals surface area contributed by atoms with Gasteiger partial charge in [-0.25, -0.2) is 8.42 Å². The number of hydrogen-bond acceptors (Lipinski definition) is 5. The molecule has 1 fully saturated rings. The van der Waals surface area contributed by atoms with E-state index in [0.29, 0.717) is 31.9 Å². The summed E-state index contributed by atoms with van der Waals surface area (Å²) in [6, 6.07) is 12.0. The molecule has 0 bridgehead atoms. The highest BCUT2D eigenvalue weighted by Gasteiger charge is 2.28. The van der Waals surface area contributed by atoms with E-state index in [-0.39, 0.29) is 5.75 Å². The molecule has 0 atom stereocenters. The van der Waals surface area contributed by atoms with Crippen molar-refractivity contribution in [1.82, 2.24) is 19.7 Å². The van der Waals surface area contributed by atoms with Gasteiger partial charge in [0.1, 0.15) is 12.0 Å². The number of hydrogen-bond donors (Lipinski definition) is 1. The van der Waals surface area contributed by atoms with Crippen LogP contribution in [0.25, 0.3) is 0 Å². The molecule has 1 aromatic heterocycles. The van der Waals surface area contributed by atoms with Gasteiger partial charge in [0.25, 0.3) is 0 Å². The second kappa shape index (κ2) is 9.70. The Kier molecular flexibility index (Phi) is 7.05. The summed E-state index contributed by atoms with van der Waals surface area (Å²) in [4.78, 5) is 6.45. The van der Waals surface area contributed by atoms with E-state index in [1.54, 1.807) is 13.1 Å². The number of guanidine groups is 1. The first kappa shape index (κ1) is 20.3. The van der Waals surface area contributed by atoms with Crippen LogP contribution in [-0.2, 0) is 22.2 Å². The Morgan fingerprint density at radius 2 is 1.93 bits per heavy atom. The number of benzene rings is 1. The monoisotopic (exact) mass is 405 g/mol. The van der Waals surface area contributed by atoms with E-state index in [4.69, 9.17) is 4.52 Å². The molecule has 0 saturated carbocycles. The molecule has 1 aromatic carbocycles. The number of aromatic nitrogens is 1. The molecule has 152 valence electrons. The molecule has 1 saturated heterocycles. The van der Waals surface area contributed by atoms with Crippen LogP contribution in [0.4, 0.5) is 0 Å². The summed E-state index contributed by atoms with van der Waals surface area (Å²) in [7, 11) is -1.63. The van der Waals surface area contributed by atoms with E-state index >= 15 is 0 Å². The molecule has 3 rings (SSSR count). The third kappa shape index (κ3) is 5.56. The van der Waals surface area contributed by atoms with Crippen molar-refractivity contribution >= 4 is 16.0 Å². The Morgan fingerprint density at radius 1 is 1.18 bits per heavy atom. The molecule has 9 heteroatoms. The molecule has 1 aliphatic rings. The van der Waals surface area contributed by atoms with Gasteiger partial charge in [-0.1, -0.05) is 35.5 Å². The summed E-state index contributed by atoms with van der Waals surface area (Å²) >= 11 is 0. The third-order valence-electron chi connectivity index (χ3n) is 4.73. The lowest BCUT2D eigenvalue weighted by molar-refractivity contribution is 0.260. The van der Waals surface area contributed by atoms with Crippen LogP contribution >= 0.6 is 0 Å². The van der Waals surface area contributed by atoms with Gasteiger partial charge in [0.2, 0.25) is 10.0 Å². The summed E-state index contributed by atoms with van der Waals surface area (Å²) in [6.45, 7) is 2.91. The standard InChI is InChI=1S/C19H27N5O3S/c1-20-19(21-10-5-8-17-6-3-2-4-7-17)23-11-13-24(14-12-23)28(25,26)16-18-9-15-27-22-18/h2-4,6-7,9,15H,5,8,10-14,16H2,1H3,(H,20,21). The highest BCUT2D eigenvalue weighted by Crippen LogP contribution is 2.13. The number of piperazine rings is 1. The SMILES string of the molecule is CN=C(NCCCc1ccccc1)N1CCN(S(=O)(=O)Cc2ccon2)CC1. The van der Waals surface area contributed by atoms with Crippen LogP contribution in [0.2, 0.25) is 0 Å². The number of aryl methyl sites for hydroxylation is 1. The largest absolute Gasteiger partial charge is 0.364 e. The zero-order valence-electron chi connectivity index (χ0n) is 16.1. The molecule has 28 heavy (non-hydrogen) atoms. The summed E-state index contributed by atoms with van der Waals surface area (Å²) in [5.74, 6) is 0.692. The van der Waals surface area contributed by atoms with Crippen LogP contribution in [0.1, 0.15) is 17.7 Å². The van der Waals surface area contributed by atoms with E-state index in [1.807, 2.05) is 6.07 Å². The first-order valence-corrected chi connectivity index (χ1v) is 11.1. The average molecular weight is 406 g/mol. The van der Waals surface area contributed by atoms with E-state index in [9.17, 15) is 8.42 Å². The third-order valence-corrected chi connectivity index (χ3v) is 6.55. The van der Waals surface area contributed by atoms with Crippen LogP contribution in [0.5, 0.6) is 0 Å². The maximum Gasteiger partial charge on any atom is 0.220 e. The summed E-state index contributed by atoms with van der Waals surface area (Å²) in [6.07, 6.45) is 3.41. The minimum absolute atomic E-state index is 0.129. The van der Waals surface area contributed by atoms with Crippen LogP contribution < -0.4 is 5.32 Å². The van der Waals surface area contributed by atoms with Crippen molar-refractivity contribution in [1.29, 1.82) is 0 Å². The number of rotatable bonds is 7. The molecule has 1 N–H and O–H groups in total. The van der Waals surface area contributed by atoms with Crippen LogP contribution in [0, 0.1) is 0 Å². The quantitative estimate of drug-likeness (QED) is 0.425. The van der Waals surface area contributed by atoms with Crippen molar-refractivity contribution in [2.24, 2.45) is 4.99 Å². The predicted molar refractivity (Wildman–Crippen MR) is 108 cm³/mol. The van der Waals surface area contributed by atoms with E-state index in [1.165, 1.54) is 16.1 Å². The van der Waals surface area contributed by atoms with Gasteiger partial charge >= 0.3 is 0 Å². The lowest BCUT2D eigenvalue weighted by atomic mass is 10.1. The molecule has 1 aliphatic heterocycles. The van der Waals surface area contributed by atoms with Gasteiger partial charge in [-0.15, -0.1) is 0 Å². The number of nitrogens with one attached hydrogen (secondary N) is 1. The van der Waals surface area contributed by atoms with Crippen molar-refractivity contribution in [2.75, 3.05) is 39.8 Å². The molecule has 0 amide bonds. The average Bonchev–Trinajstić information content (AvgIpc) is 3.21. The van der Waals surface area contributed by atoms with Gasteiger partial charge in [-0.3, -0.25) is 4.99 Å². The first-order chi connectivity index (χ1) is 13.6. The Morgan fingerprint density at radius 3 is 2.57 bits per heavy atom. The van der Waals surface area contributed by atoms with E-state index in [2.05, 4.69) is 44.6 Å². The van der Waals surface area contributed by atoms with Crippen molar-refractivity contribution in [3.8, 4) is 0 Å². The number of aliphatic imine (C=N–C) groups is 1. The van der Waals surface area contributed by atoms with Gasteiger partial charge in [-0.05, 0) is 18.4 Å². The lowest BCUT2D eigenvalue weighted by Crippen LogP contribution is -2.54. The lowest BCUT2D eigenvalue weighted by Gasteiger charge is -2.35. The van der Waals surface area contributed by atoms with Gasteiger partial charge in [0, 0.05) is 45.8 Å². The van der Waals surface area contributed by atoms with Crippen molar-refractivity contribution in [2.45, 2.75) is 18.6 Å². The predicted octanol–water partition coefficient (Wildman–Crippen LogP) is 1.33. The Balaban J connectivity index is 1.43. The molecular weight excluding hydrogens is 378 g/mol. The normalized spacial score (nSPS) is 16.3. The van der Waals surface area contributed by atoms with Crippen LogP contribution in [0.3, 0.4) is 0 Å². The topological polar surface area (TPSA) is 91.0 Å². The van der Waals surface area contributed by atoms with Crippen molar-refractivity contribution < 1.29 is 12.9 Å². The Bertz CT molecular complexity index is 845. The van der Waals surface area contributed by atoms with Crippen molar-refractivity contribution in [3.05, 3.63) is 53.9 Å².